The maximum Gasteiger partial charge on any atom is 0.273 e. The van der Waals surface area contributed by atoms with Gasteiger partial charge >= 0.3 is 0 Å². The van der Waals surface area contributed by atoms with E-state index in [0.717, 1.165) is 23.2 Å². The van der Waals surface area contributed by atoms with Crippen LogP contribution < -0.4 is 10.9 Å². The van der Waals surface area contributed by atoms with Crippen molar-refractivity contribution in [2.45, 2.75) is 52.5 Å². The van der Waals surface area contributed by atoms with E-state index in [4.69, 9.17) is 5.11 Å². The second-order valence-corrected chi connectivity index (χ2v) is 6.18. The molecule has 7 heteroatoms. The maximum absolute atomic E-state index is 12.1. The molecule has 1 unspecified atom stereocenters. The first-order valence-electron chi connectivity index (χ1n) is 8.34. The Balaban J connectivity index is 2.17. The Hall–Kier alpha value is -2.15. The van der Waals surface area contributed by atoms with E-state index in [1.807, 2.05) is 20.8 Å². The number of nitrogens with one attached hydrogen (secondary N) is 2. The Labute approximate surface area is 141 Å². The molecule has 0 bridgehead atoms. The van der Waals surface area contributed by atoms with Crippen molar-refractivity contribution >= 4 is 16.9 Å². The van der Waals surface area contributed by atoms with Gasteiger partial charge in [-0.25, -0.2) is 4.98 Å². The van der Waals surface area contributed by atoms with Crippen molar-refractivity contribution in [1.82, 2.24) is 20.1 Å². The molecule has 0 aromatic carbocycles. The second-order valence-electron chi connectivity index (χ2n) is 6.18. The predicted molar refractivity (Wildman–Crippen MR) is 93.1 cm³/mol. The van der Waals surface area contributed by atoms with E-state index in [2.05, 4.69) is 15.4 Å². The Bertz CT molecular complexity index is 791. The molecule has 0 aliphatic rings. The molecule has 1 atom stereocenters. The number of aliphatic hydroxyl groups excluding tert-OH is 1. The molecule has 0 saturated carbocycles. The van der Waals surface area contributed by atoms with Gasteiger partial charge in [0, 0.05) is 31.8 Å². The zero-order valence-electron chi connectivity index (χ0n) is 14.8. The predicted octanol–water partition coefficient (Wildman–Crippen LogP) is 1.09. The monoisotopic (exact) mass is 334 g/mol. The number of amides is 1. The third-order valence-corrected chi connectivity index (χ3v) is 4.51. The number of fused-ring (bicyclic) bond motifs is 1. The molecule has 0 fully saturated rings. The van der Waals surface area contributed by atoms with Crippen molar-refractivity contribution in [3.63, 3.8) is 0 Å². The third-order valence-electron chi connectivity index (χ3n) is 4.51. The first-order valence-corrected chi connectivity index (χ1v) is 8.34. The van der Waals surface area contributed by atoms with Gasteiger partial charge in [0.25, 0.3) is 5.56 Å². The van der Waals surface area contributed by atoms with Crippen molar-refractivity contribution in [1.29, 1.82) is 0 Å². The SMILES string of the molecule is CCC(CCO)NC(=O)CCc1c(C)nc2c(c1C)c(=O)[nH]n2C. The van der Waals surface area contributed by atoms with E-state index in [1.54, 1.807) is 11.7 Å². The van der Waals surface area contributed by atoms with Gasteiger partial charge in [-0.3, -0.25) is 19.4 Å². The largest absolute Gasteiger partial charge is 0.396 e. The minimum atomic E-state index is -0.155. The number of pyridine rings is 1. The number of aliphatic hydroxyl groups is 1. The molecule has 2 aromatic rings. The first-order chi connectivity index (χ1) is 11.4. The van der Waals surface area contributed by atoms with Crippen molar-refractivity contribution in [2.75, 3.05) is 6.61 Å². The fraction of sp³-hybridized carbons (Fsp3) is 0.588. The molecular formula is C17H26N4O3. The molecule has 0 radical (unpaired) electrons. The summed E-state index contributed by atoms with van der Waals surface area (Å²) in [4.78, 5) is 28.7. The van der Waals surface area contributed by atoms with E-state index < -0.39 is 0 Å². The topological polar surface area (TPSA) is 100 Å². The summed E-state index contributed by atoms with van der Waals surface area (Å²) in [5, 5.41) is 15.2. The van der Waals surface area contributed by atoms with Crippen LogP contribution in [0.15, 0.2) is 4.79 Å². The van der Waals surface area contributed by atoms with Gasteiger partial charge in [0.05, 0.1) is 5.39 Å². The van der Waals surface area contributed by atoms with Crippen LogP contribution in [-0.2, 0) is 18.3 Å². The minimum absolute atomic E-state index is 0.00210. The standard InChI is InChI=1S/C17H26N4O3/c1-5-12(8-9-22)19-14(23)7-6-13-10(2)15-16(18-11(13)3)21(4)20-17(15)24/h12,22H,5-9H2,1-4H3,(H,19,23)(H,20,24). The maximum atomic E-state index is 12.1. The van der Waals surface area contributed by atoms with E-state index in [1.165, 1.54) is 0 Å². The van der Waals surface area contributed by atoms with Crippen LogP contribution in [-0.4, -0.2) is 38.4 Å². The number of nitrogens with zero attached hydrogens (tertiary/aromatic N) is 2. The average molecular weight is 334 g/mol. The zero-order valence-corrected chi connectivity index (χ0v) is 14.8. The highest BCUT2D eigenvalue weighted by atomic mass is 16.3. The summed E-state index contributed by atoms with van der Waals surface area (Å²) in [6, 6.07) is 0.00210. The Morgan fingerprint density at radius 1 is 1.42 bits per heavy atom. The molecule has 3 N–H and O–H groups in total. The number of carbonyl (C=O) groups excluding carboxylic acids is 1. The lowest BCUT2D eigenvalue weighted by atomic mass is 10.00. The fourth-order valence-electron chi connectivity index (χ4n) is 3.09. The second kappa shape index (κ2) is 7.61. The summed E-state index contributed by atoms with van der Waals surface area (Å²) in [6.45, 7) is 5.85. The van der Waals surface area contributed by atoms with Crippen LogP contribution in [0.5, 0.6) is 0 Å². The van der Waals surface area contributed by atoms with E-state index in [-0.39, 0.29) is 24.1 Å². The number of hydrogen-bond donors (Lipinski definition) is 3. The summed E-state index contributed by atoms with van der Waals surface area (Å²) in [5.41, 5.74) is 3.15. The van der Waals surface area contributed by atoms with Crippen molar-refractivity contribution in [2.24, 2.45) is 7.05 Å². The number of aromatic amines is 1. The number of carbonyl (C=O) groups is 1. The highest BCUT2D eigenvalue weighted by Gasteiger charge is 2.16. The van der Waals surface area contributed by atoms with E-state index in [0.29, 0.717) is 30.3 Å². The summed E-state index contributed by atoms with van der Waals surface area (Å²) in [6.07, 6.45) is 2.22. The van der Waals surface area contributed by atoms with Gasteiger partial charge < -0.3 is 10.4 Å². The number of aromatic nitrogens is 3. The van der Waals surface area contributed by atoms with Gasteiger partial charge in [0.15, 0.2) is 5.65 Å². The van der Waals surface area contributed by atoms with E-state index in [9.17, 15) is 9.59 Å². The molecule has 132 valence electrons. The lowest BCUT2D eigenvalue weighted by Crippen LogP contribution is -2.35. The highest BCUT2D eigenvalue weighted by molar-refractivity contribution is 5.81. The zero-order chi connectivity index (χ0) is 17.9. The van der Waals surface area contributed by atoms with Gasteiger partial charge in [0.2, 0.25) is 5.91 Å². The minimum Gasteiger partial charge on any atom is -0.396 e. The third kappa shape index (κ3) is 3.67. The van der Waals surface area contributed by atoms with E-state index >= 15 is 0 Å². The summed E-state index contributed by atoms with van der Waals surface area (Å²) in [5.74, 6) is -0.0452. The Morgan fingerprint density at radius 3 is 2.75 bits per heavy atom. The van der Waals surface area contributed by atoms with Crippen LogP contribution in [0.2, 0.25) is 0 Å². The molecular weight excluding hydrogens is 308 g/mol. The lowest BCUT2D eigenvalue weighted by Gasteiger charge is -2.16. The van der Waals surface area contributed by atoms with Crippen LogP contribution in [0.3, 0.4) is 0 Å². The summed E-state index contributed by atoms with van der Waals surface area (Å²) in [7, 11) is 1.76. The normalized spacial score (nSPS) is 12.5. The molecule has 0 saturated heterocycles. The summed E-state index contributed by atoms with van der Waals surface area (Å²) >= 11 is 0. The molecule has 1 amide bonds. The van der Waals surface area contributed by atoms with Gasteiger partial charge in [-0.05, 0) is 44.2 Å². The molecule has 2 heterocycles. The van der Waals surface area contributed by atoms with Gasteiger partial charge in [-0.15, -0.1) is 0 Å². The first kappa shape index (κ1) is 18.2. The van der Waals surface area contributed by atoms with Crippen LogP contribution in [0.4, 0.5) is 0 Å². The molecule has 2 rings (SSSR count). The van der Waals surface area contributed by atoms with Crippen LogP contribution >= 0.6 is 0 Å². The highest BCUT2D eigenvalue weighted by Crippen LogP contribution is 2.21. The number of H-pyrrole nitrogens is 1. The average Bonchev–Trinajstić information content (AvgIpc) is 2.80. The molecule has 0 aliphatic heterocycles. The van der Waals surface area contributed by atoms with Crippen LogP contribution in [0, 0.1) is 13.8 Å². The fourth-order valence-corrected chi connectivity index (χ4v) is 3.09. The number of aryl methyl sites for hydroxylation is 3. The van der Waals surface area contributed by atoms with Crippen molar-refractivity contribution in [3.05, 3.63) is 27.2 Å². The number of rotatable bonds is 7. The number of hydrogen-bond acceptors (Lipinski definition) is 4. The van der Waals surface area contributed by atoms with Crippen molar-refractivity contribution < 1.29 is 9.90 Å². The molecule has 0 spiro atoms. The molecule has 7 nitrogen and oxygen atoms in total. The molecule has 24 heavy (non-hydrogen) atoms. The Kier molecular flexibility index (Phi) is 5.77. The quantitative estimate of drug-likeness (QED) is 0.705. The summed E-state index contributed by atoms with van der Waals surface area (Å²) < 4.78 is 1.62. The smallest absolute Gasteiger partial charge is 0.273 e. The molecule has 0 aliphatic carbocycles. The van der Waals surface area contributed by atoms with Crippen LogP contribution in [0.1, 0.15) is 43.0 Å². The van der Waals surface area contributed by atoms with Crippen LogP contribution in [0.25, 0.3) is 11.0 Å². The Morgan fingerprint density at radius 2 is 2.12 bits per heavy atom. The van der Waals surface area contributed by atoms with Gasteiger partial charge in [-0.1, -0.05) is 6.92 Å². The molecule has 2 aromatic heterocycles. The van der Waals surface area contributed by atoms with Gasteiger partial charge in [-0.2, -0.15) is 0 Å². The van der Waals surface area contributed by atoms with Crippen molar-refractivity contribution in [3.8, 4) is 0 Å². The van der Waals surface area contributed by atoms with Gasteiger partial charge in [0.1, 0.15) is 0 Å². The lowest BCUT2D eigenvalue weighted by molar-refractivity contribution is -0.121.